The lowest BCUT2D eigenvalue weighted by molar-refractivity contribution is -0.132. The van der Waals surface area contributed by atoms with Crippen LogP contribution in [-0.2, 0) is 21.4 Å². The van der Waals surface area contributed by atoms with Gasteiger partial charge in [0.1, 0.15) is 0 Å². The second-order valence-corrected chi connectivity index (χ2v) is 10.4. The third kappa shape index (κ3) is 4.47. The Balaban J connectivity index is 1.72. The molecule has 0 saturated carbocycles. The highest BCUT2D eigenvalue weighted by Crippen LogP contribution is 2.33. The number of nitrogens with one attached hydrogen (secondary N) is 1. The van der Waals surface area contributed by atoms with Crippen LogP contribution in [-0.4, -0.2) is 31.7 Å². The molecule has 1 N–H and O–H groups in total. The van der Waals surface area contributed by atoms with Gasteiger partial charge in [-0.15, -0.1) is 0 Å². The van der Waals surface area contributed by atoms with Crippen LogP contribution >= 0.6 is 15.9 Å². The van der Waals surface area contributed by atoms with E-state index in [2.05, 4.69) is 21.2 Å². The van der Waals surface area contributed by atoms with Gasteiger partial charge in [-0.1, -0.05) is 40.2 Å². The van der Waals surface area contributed by atoms with Crippen molar-refractivity contribution in [3.8, 4) is 0 Å². The molecule has 150 valence electrons. The fourth-order valence-electron chi connectivity index (χ4n) is 3.54. The summed E-state index contributed by atoms with van der Waals surface area (Å²) in [6, 6.07) is 14.5. The van der Waals surface area contributed by atoms with Crippen LogP contribution in [0.25, 0.3) is 0 Å². The van der Waals surface area contributed by atoms with E-state index in [1.54, 1.807) is 24.3 Å². The largest absolute Gasteiger partial charge is 0.352 e. The Bertz CT molecular complexity index is 960. The maximum absolute atomic E-state index is 13.0. The molecule has 0 radical (unpaired) electrons. The summed E-state index contributed by atoms with van der Waals surface area (Å²) < 4.78 is 28.3. The zero-order valence-electron chi connectivity index (χ0n) is 16.1. The topological polar surface area (TPSA) is 66.5 Å². The molecule has 1 amide bonds. The van der Waals surface area contributed by atoms with Gasteiger partial charge >= 0.3 is 0 Å². The SMILES string of the molecule is Cc1ccccc1CNC(=O)C1(C)CCCN(S(=O)(=O)c2ccc(Br)cc2)C1. The normalized spacial score (nSPS) is 20.7. The number of benzene rings is 2. The molecule has 1 aliphatic rings. The zero-order valence-corrected chi connectivity index (χ0v) is 18.5. The number of sulfonamides is 1. The van der Waals surface area contributed by atoms with Gasteiger partial charge in [0.2, 0.25) is 15.9 Å². The molecule has 1 aliphatic heterocycles. The van der Waals surface area contributed by atoms with E-state index in [0.717, 1.165) is 15.6 Å². The van der Waals surface area contributed by atoms with E-state index in [-0.39, 0.29) is 17.3 Å². The Morgan fingerprint density at radius 1 is 1.18 bits per heavy atom. The van der Waals surface area contributed by atoms with Crippen molar-refractivity contribution in [3.05, 3.63) is 64.1 Å². The Morgan fingerprint density at radius 2 is 1.86 bits per heavy atom. The molecule has 2 aromatic carbocycles. The van der Waals surface area contributed by atoms with Crippen LogP contribution in [0.3, 0.4) is 0 Å². The number of carbonyl (C=O) groups excluding carboxylic acids is 1. The van der Waals surface area contributed by atoms with Crippen molar-refractivity contribution in [2.75, 3.05) is 13.1 Å². The predicted molar refractivity (Wildman–Crippen MR) is 113 cm³/mol. The van der Waals surface area contributed by atoms with Crippen molar-refractivity contribution in [2.45, 2.75) is 38.1 Å². The Labute approximate surface area is 175 Å². The third-order valence-electron chi connectivity index (χ3n) is 5.36. The number of nitrogens with zero attached hydrogens (tertiary/aromatic N) is 1. The molecule has 0 spiro atoms. The highest BCUT2D eigenvalue weighted by atomic mass is 79.9. The summed E-state index contributed by atoms with van der Waals surface area (Å²) in [5, 5.41) is 3.00. The molecule has 5 nitrogen and oxygen atoms in total. The summed E-state index contributed by atoms with van der Waals surface area (Å²) in [5.41, 5.74) is 1.44. The smallest absolute Gasteiger partial charge is 0.243 e. The second-order valence-electron chi connectivity index (χ2n) is 7.57. The van der Waals surface area contributed by atoms with Crippen LogP contribution in [0.2, 0.25) is 0 Å². The summed E-state index contributed by atoms with van der Waals surface area (Å²) in [5.74, 6) is -0.105. The summed E-state index contributed by atoms with van der Waals surface area (Å²) in [7, 11) is -3.62. The number of aryl methyl sites for hydroxylation is 1. The first-order valence-electron chi connectivity index (χ1n) is 9.31. The molecule has 1 saturated heterocycles. The van der Waals surface area contributed by atoms with Gasteiger partial charge in [-0.3, -0.25) is 4.79 Å². The van der Waals surface area contributed by atoms with Crippen molar-refractivity contribution >= 4 is 31.9 Å². The molecule has 1 unspecified atom stereocenters. The maximum Gasteiger partial charge on any atom is 0.243 e. The van der Waals surface area contributed by atoms with E-state index in [1.807, 2.05) is 38.1 Å². The number of amides is 1. The molecule has 2 aromatic rings. The van der Waals surface area contributed by atoms with Gasteiger partial charge in [0.15, 0.2) is 0 Å². The quantitative estimate of drug-likeness (QED) is 0.729. The summed E-state index contributed by atoms with van der Waals surface area (Å²) in [6.45, 7) is 4.92. The monoisotopic (exact) mass is 464 g/mol. The molecule has 0 aromatic heterocycles. The molecule has 1 fully saturated rings. The van der Waals surface area contributed by atoms with Gasteiger partial charge in [0, 0.05) is 24.1 Å². The van der Waals surface area contributed by atoms with Gasteiger partial charge in [0.25, 0.3) is 0 Å². The fourth-order valence-corrected chi connectivity index (χ4v) is 5.40. The Morgan fingerprint density at radius 3 is 2.54 bits per heavy atom. The molecule has 3 rings (SSSR count). The molecule has 0 bridgehead atoms. The van der Waals surface area contributed by atoms with Crippen molar-refractivity contribution < 1.29 is 13.2 Å². The highest BCUT2D eigenvalue weighted by Gasteiger charge is 2.41. The molecule has 0 aliphatic carbocycles. The van der Waals surface area contributed by atoms with E-state index < -0.39 is 15.4 Å². The summed E-state index contributed by atoms with van der Waals surface area (Å²) >= 11 is 3.33. The van der Waals surface area contributed by atoms with Crippen molar-refractivity contribution in [1.82, 2.24) is 9.62 Å². The molecule has 1 heterocycles. The molecule has 1 atom stereocenters. The van der Waals surface area contributed by atoms with Crippen LogP contribution in [0.5, 0.6) is 0 Å². The number of rotatable bonds is 5. The lowest BCUT2D eigenvalue weighted by Gasteiger charge is -2.38. The minimum atomic E-state index is -3.62. The molecule has 7 heteroatoms. The van der Waals surface area contributed by atoms with Gasteiger partial charge in [0.05, 0.1) is 10.3 Å². The van der Waals surface area contributed by atoms with Gasteiger partial charge in [-0.25, -0.2) is 8.42 Å². The summed E-state index contributed by atoms with van der Waals surface area (Å²) in [6.07, 6.45) is 1.32. The first-order valence-corrected chi connectivity index (χ1v) is 11.5. The van der Waals surface area contributed by atoms with E-state index in [1.165, 1.54) is 4.31 Å². The average Bonchev–Trinajstić information content (AvgIpc) is 2.67. The zero-order chi connectivity index (χ0) is 20.4. The van der Waals surface area contributed by atoms with E-state index in [9.17, 15) is 13.2 Å². The lowest BCUT2D eigenvalue weighted by Crippen LogP contribution is -2.51. The molecular weight excluding hydrogens is 440 g/mol. The van der Waals surface area contributed by atoms with Crippen LogP contribution < -0.4 is 5.32 Å². The summed E-state index contributed by atoms with van der Waals surface area (Å²) in [4.78, 5) is 13.2. The molecular formula is C21H25BrN2O3S. The van der Waals surface area contributed by atoms with E-state index in [4.69, 9.17) is 0 Å². The maximum atomic E-state index is 13.0. The van der Waals surface area contributed by atoms with Gasteiger partial charge < -0.3 is 5.32 Å². The minimum absolute atomic E-state index is 0.105. The van der Waals surface area contributed by atoms with E-state index in [0.29, 0.717) is 25.9 Å². The van der Waals surface area contributed by atoms with Crippen LogP contribution in [0.1, 0.15) is 30.9 Å². The number of hydrogen-bond donors (Lipinski definition) is 1. The minimum Gasteiger partial charge on any atom is -0.352 e. The fraction of sp³-hybridized carbons (Fsp3) is 0.381. The lowest BCUT2D eigenvalue weighted by atomic mass is 9.82. The van der Waals surface area contributed by atoms with Crippen LogP contribution in [0.4, 0.5) is 0 Å². The first kappa shape index (κ1) is 21.0. The van der Waals surface area contributed by atoms with E-state index >= 15 is 0 Å². The molecule has 28 heavy (non-hydrogen) atoms. The number of halogens is 1. The first-order chi connectivity index (χ1) is 13.2. The van der Waals surface area contributed by atoms with Crippen molar-refractivity contribution in [2.24, 2.45) is 5.41 Å². The standard InChI is InChI=1S/C21H25BrN2O3S/c1-16-6-3-4-7-17(16)14-23-20(25)21(2)12-5-13-24(15-21)28(26,27)19-10-8-18(22)9-11-19/h3-4,6-11H,5,12-15H2,1-2H3,(H,23,25). The predicted octanol–water partition coefficient (Wildman–Crippen LogP) is 3.86. The van der Waals surface area contributed by atoms with Crippen molar-refractivity contribution in [1.29, 1.82) is 0 Å². The number of hydrogen-bond acceptors (Lipinski definition) is 3. The Hall–Kier alpha value is -1.70. The van der Waals surface area contributed by atoms with Crippen LogP contribution in [0.15, 0.2) is 57.9 Å². The number of carbonyl (C=O) groups is 1. The van der Waals surface area contributed by atoms with Crippen LogP contribution in [0, 0.1) is 12.3 Å². The van der Waals surface area contributed by atoms with Crippen molar-refractivity contribution in [3.63, 3.8) is 0 Å². The highest BCUT2D eigenvalue weighted by molar-refractivity contribution is 9.10. The average molecular weight is 465 g/mol. The number of piperidine rings is 1. The third-order valence-corrected chi connectivity index (χ3v) is 7.75. The Kier molecular flexibility index (Phi) is 6.27. The van der Waals surface area contributed by atoms with Gasteiger partial charge in [-0.05, 0) is 62.1 Å². The van der Waals surface area contributed by atoms with Gasteiger partial charge in [-0.2, -0.15) is 4.31 Å². The second kappa shape index (κ2) is 8.35.